The van der Waals surface area contributed by atoms with Crippen LogP contribution in [-0.2, 0) is 9.53 Å². The zero-order valence-electron chi connectivity index (χ0n) is 12.7. The number of nitrogens with one attached hydrogen (secondary N) is 1. The predicted octanol–water partition coefficient (Wildman–Crippen LogP) is 3.61. The van der Waals surface area contributed by atoms with Gasteiger partial charge in [-0.1, -0.05) is 49.4 Å². The Morgan fingerprint density at radius 3 is 2.32 bits per heavy atom. The molecule has 22 heavy (non-hydrogen) atoms. The Kier molecular flexibility index (Phi) is 5.31. The van der Waals surface area contributed by atoms with Crippen molar-refractivity contribution in [3.05, 3.63) is 65.7 Å². The van der Waals surface area contributed by atoms with Crippen molar-refractivity contribution in [1.29, 1.82) is 0 Å². The summed E-state index contributed by atoms with van der Waals surface area (Å²) < 4.78 is 4.74. The number of carbonyl (C=O) groups is 2. The van der Waals surface area contributed by atoms with Crippen LogP contribution in [0.2, 0.25) is 0 Å². The average molecular weight is 297 g/mol. The molecule has 4 heteroatoms. The molecule has 0 aliphatic heterocycles. The van der Waals surface area contributed by atoms with Crippen LogP contribution in [0.4, 0.5) is 5.69 Å². The summed E-state index contributed by atoms with van der Waals surface area (Å²) in [5.41, 5.74) is 1.77. The Hall–Kier alpha value is -2.62. The summed E-state index contributed by atoms with van der Waals surface area (Å²) in [6.45, 7) is 1.96. The zero-order chi connectivity index (χ0) is 15.9. The molecule has 0 aromatic heterocycles. The van der Waals surface area contributed by atoms with Crippen molar-refractivity contribution in [2.45, 2.75) is 19.3 Å². The maximum absolute atomic E-state index is 12.5. The number of anilines is 1. The number of esters is 1. The predicted molar refractivity (Wildman–Crippen MR) is 85.9 cm³/mol. The van der Waals surface area contributed by atoms with Gasteiger partial charge in [-0.2, -0.15) is 0 Å². The van der Waals surface area contributed by atoms with E-state index in [1.807, 2.05) is 37.3 Å². The maximum atomic E-state index is 12.5. The molecule has 1 amide bonds. The van der Waals surface area contributed by atoms with Gasteiger partial charge in [-0.05, 0) is 24.1 Å². The number of benzene rings is 2. The normalized spacial score (nSPS) is 11.5. The van der Waals surface area contributed by atoms with Crippen molar-refractivity contribution in [3.63, 3.8) is 0 Å². The van der Waals surface area contributed by atoms with Crippen molar-refractivity contribution < 1.29 is 14.3 Å². The van der Waals surface area contributed by atoms with Gasteiger partial charge in [0.05, 0.1) is 24.3 Å². The van der Waals surface area contributed by atoms with Gasteiger partial charge >= 0.3 is 5.97 Å². The third kappa shape index (κ3) is 3.52. The van der Waals surface area contributed by atoms with Gasteiger partial charge in [0.1, 0.15) is 0 Å². The molecule has 2 aromatic carbocycles. The molecule has 0 saturated heterocycles. The standard InChI is InChI=1S/C18H19NO3/c1-3-14(13-9-5-4-6-10-13)17(20)19-16-12-8-7-11-15(16)18(21)22-2/h4-12,14H,3H2,1-2H3,(H,19,20). The van der Waals surface area contributed by atoms with Crippen LogP contribution in [0.5, 0.6) is 0 Å². The minimum Gasteiger partial charge on any atom is -0.465 e. The summed E-state index contributed by atoms with van der Waals surface area (Å²) in [5.74, 6) is -0.861. The van der Waals surface area contributed by atoms with E-state index in [4.69, 9.17) is 4.74 Å². The van der Waals surface area contributed by atoms with Crippen molar-refractivity contribution >= 4 is 17.6 Å². The Balaban J connectivity index is 2.23. The van der Waals surface area contributed by atoms with E-state index in [9.17, 15) is 9.59 Å². The van der Waals surface area contributed by atoms with E-state index in [1.165, 1.54) is 7.11 Å². The SMILES string of the molecule is CCC(C(=O)Nc1ccccc1C(=O)OC)c1ccccc1. The molecule has 1 atom stereocenters. The Bertz CT molecular complexity index is 652. The molecule has 0 saturated carbocycles. The first-order chi connectivity index (χ1) is 10.7. The molecule has 0 bridgehead atoms. The first-order valence-corrected chi connectivity index (χ1v) is 7.20. The molecule has 4 nitrogen and oxygen atoms in total. The van der Waals surface area contributed by atoms with Crippen LogP contribution in [0.3, 0.4) is 0 Å². The maximum Gasteiger partial charge on any atom is 0.339 e. The third-order valence-corrected chi connectivity index (χ3v) is 3.52. The van der Waals surface area contributed by atoms with Gasteiger partial charge in [-0.3, -0.25) is 4.79 Å². The largest absolute Gasteiger partial charge is 0.465 e. The number of ether oxygens (including phenoxy) is 1. The van der Waals surface area contributed by atoms with Crippen molar-refractivity contribution in [2.24, 2.45) is 0 Å². The highest BCUT2D eigenvalue weighted by Crippen LogP contribution is 2.23. The minimum atomic E-state index is -0.469. The second-order valence-electron chi connectivity index (χ2n) is 4.90. The molecular formula is C18H19NO3. The fourth-order valence-corrected chi connectivity index (χ4v) is 2.36. The lowest BCUT2D eigenvalue weighted by atomic mass is 9.95. The van der Waals surface area contributed by atoms with Crippen LogP contribution >= 0.6 is 0 Å². The Labute approximate surface area is 130 Å². The second-order valence-corrected chi connectivity index (χ2v) is 4.90. The number of hydrogen-bond acceptors (Lipinski definition) is 3. The van der Waals surface area contributed by atoms with Crippen LogP contribution in [0.1, 0.15) is 35.2 Å². The van der Waals surface area contributed by atoms with Gasteiger partial charge in [-0.15, -0.1) is 0 Å². The second kappa shape index (κ2) is 7.41. The van der Waals surface area contributed by atoms with Crippen LogP contribution in [0, 0.1) is 0 Å². The monoisotopic (exact) mass is 297 g/mol. The van der Waals surface area contributed by atoms with E-state index in [-0.39, 0.29) is 11.8 Å². The van der Waals surface area contributed by atoms with Crippen molar-refractivity contribution in [2.75, 3.05) is 12.4 Å². The lowest BCUT2D eigenvalue weighted by molar-refractivity contribution is -0.117. The average Bonchev–Trinajstić information content (AvgIpc) is 2.56. The summed E-state index contributed by atoms with van der Waals surface area (Å²) in [5, 5.41) is 2.84. The van der Waals surface area contributed by atoms with Crippen LogP contribution in [0.25, 0.3) is 0 Å². The molecule has 2 rings (SSSR count). The summed E-state index contributed by atoms with van der Waals surface area (Å²) in [7, 11) is 1.32. The smallest absolute Gasteiger partial charge is 0.339 e. The van der Waals surface area contributed by atoms with Gasteiger partial charge in [0.15, 0.2) is 0 Å². The van der Waals surface area contributed by atoms with E-state index >= 15 is 0 Å². The summed E-state index contributed by atoms with van der Waals surface area (Å²) in [6, 6.07) is 16.4. The highest BCUT2D eigenvalue weighted by molar-refractivity contribution is 6.03. The molecule has 0 aliphatic carbocycles. The quantitative estimate of drug-likeness (QED) is 0.858. The van der Waals surface area contributed by atoms with Gasteiger partial charge in [0, 0.05) is 0 Å². The fourth-order valence-electron chi connectivity index (χ4n) is 2.36. The molecule has 0 radical (unpaired) electrons. The molecule has 1 N–H and O–H groups in total. The van der Waals surface area contributed by atoms with Gasteiger partial charge < -0.3 is 10.1 Å². The van der Waals surface area contributed by atoms with Crippen LogP contribution in [0.15, 0.2) is 54.6 Å². The molecule has 0 heterocycles. The summed E-state index contributed by atoms with van der Waals surface area (Å²) >= 11 is 0. The highest BCUT2D eigenvalue weighted by atomic mass is 16.5. The summed E-state index contributed by atoms with van der Waals surface area (Å²) in [4.78, 5) is 24.3. The molecular weight excluding hydrogens is 278 g/mol. The van der Waals surface area contributed by atoms with E-state index in [0.29, 0.717) is 17.7 Å². The minimum absolute atomic E-state index is 0.134. The molecule has 1 unspecified atom stereocenters. The van der Waals surface area contributed by atoms with Crippen LogP contribution in [-0.4, -0.2) is 19.0 Å². The number of carbonyl (C=O) groups excluding carboxylic acids is 2. The first kappa shape index (κ1) is 15.8. The van der Waals surface area contributed by atoms with E-state index in [2.05, 4.69) is 5.32 Å². The van der Waals surface area contributed by atoms with Gasteiger partial charge in [0.25, 0.3) is 0 Å². The number of methoxy groups -OCH3 is 1. The molecule has 2 aromatic rings. The molecule has 0 fully saturated rings. The topological polar surface area (TPSA) is 55.4 Å². The van der Waals surface area contributed by atoms with E-state index in [0.717, 1.165) is 5.56 Å². The molecule has 0 spiro atoms. The van der Waals surface area contributed by atoms with Crippen molar-refractivity contribution in [3.8, 4) is 0 Å². The molecule has 114 valence electrons. The number of amides is 1. The van der Waals surface area contributed by atoms with Gasteiger partial charge in [0.2, 0.25) is 5.91 Å². The first-order valence-electron chi connectivity index (χ1n) is 7.20. The number of para-hydroxylation sites is 1. The fraction of sp³-hybridized carbons (Fsp3) is 0.222. The Morgan fingerprint density at radius 2 is 1.68 bits per heavy atom. The summed E-state index contributed by atoms with van der Waals surface area (Å²) in [6.07, 6.45) is 0.677. The number of rotatable bonds is 5. The lowest BCUT2D eigenvalue weighted by Gasteiger charge is -2.16. The van der Waals surface area contributed by atoms with E-state index in [1.54, 1.807) is 24.3 Å². The highest BCUT2D eigenvalue weighted by Gasteiger charge is 2.20. The number of hydrogen-bond donors (Lipinski definition) is 1. The van der Waals surface area contributed by atoms with Crippen LogP contribution < -0.4 is 5.32 Å². The van der Waals surface area contributed by atoms with Crippen molar-refractivity contribution in [1.82, 2.24) is 0 Å². The van der Waals surface area contributed by atoms with E-state index < -0.39 is 5.97 Å². The molecule has 0 aliphatic rings. The lowest BCUT2D eigenvalue weighted by Crippen LogP contribution is -2.22. The zero-order valence-corrected chi connectivity index (χ0v) is 12.7. The third-order valence-electron chi connectivity index (χ3n) is 3.52. The Morgan fingerprint density at radius 1 is 1.05 bits per heavy atom. The van der Waals surface area contributed by atoms with Gasteiger partial charge in [-0.25, -0.2) is 4.79 Å².